The average Bonchev–Trinajstić information content (AvgIpc) is 2.54. The van der Waals surface area contributed by atoms with Gasteiger partial charge in [-0.15, -0.1) is 12.6 Å². The van der Waals surface area contributed by atoms with Gasteiger partial charge in [-0.1, -0.05) is 0 Å². The summed E-state index contributed by atoms with van der Waals surface area (Å²) in [6.45, 7) is -0.199. The highest BCUT2D eigenvalue weighted by molar-refractivity contribution is 7.80. The maximum Gasteiger partial charge on any atom is 0.323 e. The predicted octanol–water partition coefficient (Wildman–Crippen LogP) is 1.22. The third kappa shape index (κ3) is 1.79. The molecule has 0 unspecified atom stereocenters. The quantitative estimate of drug-likeness (QED) is 0.621. The fourth-order valence-corrected chi connectivity index (χ4v) is 1.78. The molecule has 0 radical (unpaired) electrons. The SMILES string of the molecule is O=Cc1ccc2c(c1)nc(S)n2CC(=O)O. The first-order valence-electron chi connectivity index (χ1n) is 4.48. The Hall–Kier alpha value is -1.82. The van der Waals surface area contributed by atoms with Crippen LogP contribution in [0.5, 0.6) is 0 Å². The molecule has 2 rings (SSSR count). The second-order valence-corrected chi connectivity index (χ2v) is 3.66. The van der Waals surface area contributed by atoms with E-state index >= 15 is 0 Å². The molecule has 1 aromatic heterocycles. The van der Waals surface area contributed by atoms with Gasteiger partial charge in [-0.05, 0) is 18.2 Å². The minimum atomic E-state index is -0.964. The number of hydrogen-bond acceptors (Lipinski definition) is 4. The molecule has 0 aliphatic rings. The van der Waals surface area contributed by atoms with Crippen LogP contribution in [0.4, 0.5) is 0 Å². The van der Waals surface area contributed by atoms with Crippen molar-refractivity contribution in [3.8, 4) is 0 Å². The highest BCUT2D eigenvalue weighted by Gasteiger charge is 2.10. The summed E-state index contributed by atoms with van der Waals surface area (Å²) in [5.41, 5.74) is 1.72. The fraction of sp³-hybridized carbons (Fsp3) is 0.100. The van der Waals surface area contributed by atoms with Crippen molar-refractivity contribution >= 4 is 35.9 Å². The zero-order chi connectivity index (χ0) is 11.7. The number of thiol groups is 1. The largest absolute Gasteiger partial charge is 0.480 e. The van der Waals surface area contributed by atoms with Crippen LogP contribution in [0.25, 0.3) is 11.0 Å². The van der Waals surface area contributed by atoms with Crippen molar-refractivity contribution in [1.82, 2.24) is 9.55 Å². The molecule has 0 fully saturated rings. The summed E-state index contributed by atoms with van der Waals surface area (Å²) in [6, 6.07) is 4.87. The van der Waals surface area contributed by atoms with Crippen LogP contribution in [-0.4, -0.2) is 26.9 Å². The Morgan fingerprint density at radius 1 is 1.56 bits per heavy atom. The molecular formula is C10H8N2O3S. The molecule has 16 heavy (non-hydrogen) atoms. The zero-order valence-electron chi connectivity index (χ0n) is 8.12. The number of nitrogens with zero attached hydrogens (tertiary/aromatic N) is 2. The standard InChI is InChI=1S/C10H8N2O3S/c13-5-6-1-2-8-7(3-6)11-10(16)12(8)4-9(14)15/h1-3,5H,4H2,(H,11,16)(H,14,15). The van der Waals surface area contributed by atoms with Gasteiger partial charge in [-0.3, -0.25) is 9.59 Å². The first-order chi connectivity index (χ1) is 7.61. The van der Waals surface area contributed by atoms with Gasteiger partial charge in [0.25, 0.3) is 0 Å². The topological polar surface area (TPSA) is 72.2 Å². The van der Waals surface area contributed by atoms with Gasteiger partial charge in [-0.2, -0.15) is 0 Å². The molecular weight excluding hydrogens is 228 g/mol. The third-order valence-corrected chi connectivity index (χ3v) is 2.52. The van der Waals surface area contributed by atoms with Crippen molar-refractivity contribution in [2.45, 2.75) is 11.7 Å². The van der Waals surface area contributed by atoms with Gasteiger partial charge in [0.1, 0.15) is 12.8 Å². The molecule has 1 N–H and O–H groups in total. The average molecular weight is 236 g/mol. The molecule has 6 heteroatoms. The number of carbonyl (C=O) groups is 2. The monoisotopic (exact) mass is 236 g/mol. The van der Waals surface area contributed by atoms with Crippen LogP contribution in [-0.2, 0) is 11.3 Å². The van der Waals surface area contributed by atoms with E-state index in [1.165, 1.54) is 4.57 Å². The maximum atomic E-state index is 10.6. The Kier molecular flexibility index (Phi) is 2.66. The van der Waals surface area contributed by atoms with Crippen molar-refractivity contribution < 1.29 is 14.7 Å². The summed E-state index contributed by atoms with van der Waals surface area (Å²) in [6.07, 6.45) is 0.716. The molecule has 0 amide bonds. The molecule has 1 heterocycles. The molecule has 5 nitrogen and oxygen atoms in total. The molecule has 0 spiro atoms. The van der Waals surface area contributed by atoms with E-state index < -0.39 is 5.97 Å². The molecule has 0 aliphatic heterocycles. The van der Waals surface area contributed by atoms with Crippen LogP contribution in [0.3, 0.4) is 0 Å². The first-order valence-corrected chi connectivity index (χ1v) is 4.93. The van der Waals surface area contributed by atoms with Crippen LogP contribution in [0.1, 0.15) is 10.4 Å². The molecule has 1 aromatic carbocycles. The number of benzene rings is 1. The smallest absolute Gasteiger partial charge is 0.323 e. The zero-order valence-corrected chi connectivity index (χ0v) is 9.02. The minimum absolute atomic E-state index is 0.199. The summed E-state index contributed by atoms with van der Waals surface area (Å²) in [4.78, 5) is 25.3. The summed E-state index contributed by atoms with van der Waals surface area (Å²) < 4.78 is 1.47. The fourth-order valence-electron chi connectivity index (χ4n) is 1.50. The second-order valence-electron chi connectivity index (χ2n) is 3.26. The lowest BCUT2D eigenvalue weighted by Gasteiger charge is -2.01. The van der Waals surface area contributed by atoms with Crippen molar-refractivity contribution in [2.75, 3.05) is 0 Å². The summed E-state index contributed by atoms with van der Waals surface area (Å²) in [7, 11) is 0. The molecule has 0 saturated heterocycles. The van der Waals surface area contributed by atoms with E-state index in [-0.39, 0.29) is 6.54 Å². The van der Waals surface area contributed by atoms with Crippen LogP contribution in [0.2, 0.25) is 0 Å². The number of aliphatic carboxylic acids is 1. The van der Waals surface area contributed by atoms with Gasteiger partial charge in [0.15, 0.2) is 5.16 Å². The molecule has 0 saturated carbocycles. The lowest BCUT2D eigenvalue weighted by Crippen LogP contribution is -2.08. The second kappa shape index (κ2) is 3.97. The summed E-state index contributed by atoms with van der Waals surface area (Å²) >= 11 is 4.09. The van der Waals surface area contributed by atoms with Crippen LogP contribution in [0.15, 0.2) is 23.4 Å². The number of carboxylic acids is 1. The van der Waals surface area contributed by atoms with Gasteiger partial charge in [0, 0.05) is 5.56 Å². The van der Waals surface area contributed by atoms with E-state index in [1.807, 2.05) is 0 Å². The van der Waals surface area contributed by atoms with Gasteiger partial charge >= 0.3 is 5.97 Å². The van der Waals surface area contributed by atoms with Crippen molar-refractivity contribution in [3.63, 3.8) is 0 Å². The molecule has 2 aromatic rings. The molecule has 0 aliphatic carbocycles. The molecule has 82 valence electrons. The van der Waals surface area contributed by atoms with Crippen LogP contribution >= 0.6 is 12.6 Å². The number of hydrogen-bond donors (Lipinski definition) is 2. The number of imidazole rings is 1. The van der Waals surface area contributed by atoms with Gasteiger partial charge < -0.3 is 9.67 Å². The number of fused-ring (bicyclic) bond motifs is 1. The van der Waals surface area contributed by atoms with Crippen LogP contribution < -0.4 is 0 Å². The van der Waals surface area contributed by atoms with Crippen LogP contribution in [0, 0.1) is 0 Å². The number of rotatable bonds is 3. The van der Waals surface area contributed by atoms with E-state index in [0.717, 1.165) is 0 Å². The highest BCUT2D eigenvalue weighted by Crippen LogP contribution is 2.19. The third-order valence-electron chi connectivity index (χ3n) is 2.18. The van der Waals surface area contributed by atoms with E-state index in [0.29, 0.717) is 28.0 Å². The van der Waals surface area contributed by atoms with Crippen molar-refractivity contribution in [3.05, 3.63) is 23.8 Å². The minimum Gasteiger partial charge on any atom is -0.480 e. The number of carbonyl (C=O) groups excluding carboxylic acids is 1. The van der Waals surface area contributed by atoms with Gasteiger partial charge in [0.05, 0.1) is 11.0 Å². The van der Waals surface area contributed by atoms with Crippen molar-refractivity contribution in [2.24, 2.45) is 0 Å². The Bertz CT molecular complexity index is 577. The van der Waals surface area contributed by atoms with Gasteiger partial charge in [0.2, 0.25) is 0 Å². The lowest BCUT2D eigenvalue weighted by atomic mass is 10.2. The van der Waals surface area contributed by atoms with Crippen molar-refractivity contribution in [1.29, 1.82) is 0 Å². The number of aldehydes is 1. The summed E-state index contributed by atoms with van der Waals surface area (Å²) in [5, 5.41) is 9.05. The van der Waals surface area contributed by atoms with Gasteiger partial charge in [-0.25, -0.2) is 4.98 Å². The first kappa shape index (κ1) is 10.7. The van der Waals surface area contributed by atoms with E-state index in [2.05, 4.69) is 17.6 Å². The van der Waals surface area contributed by atoms with E-state index in [4.69, 9.17) is 5.11 Å². The normalized spacial score (nSPS) is 10.6. The Labute approximate surface area is 96.1 Å². The number of aromatic nitrogens is 2. The van der Waals surface area contributed by atoms with E-state index in [1.54, 1.807) is 18.2 Å². The maximum absolute atomic E-state index is 10.6. The lowest BCUT2D eigenvalue weighted by molar-refractivity contribution is -0.137. The van der Waals surface area contributed by atoms with E-state index in [9.17, 15) is 9.59 Å². The number of carboxylic acid groups (broad SMARTS) is 1. The summed E-state index contributed by atoms with van der Waals surface area (Å²) in [5.74, 6) is -0.964. The highest BCUT2D eigenvalue weighted by atomic mass is 32.1. The molecule has 0 bridgehead atoms. The Morgan fingerprint density at radius 2 is 2.31 bits per heavy atom. The molecule has 0 atom stereocenters. The Balaban J connectivity index is 2.61. The predicted molar refractivity (Wildman–Crippen MR) is 60.0 cm³/mol. The Morgan fingerprint density at radius 3 is 2.94 bits per heavy atom.